The van der Waals surface area contributed by atoms with Gasteiger partial charge in [-0.15, -0.1) is 11.6 Å². The SMILES string of the molecule is O=S(=O)(c1ccccc1Cl)N1CCCCC1CCl. The second kappa shape index (κ2) is 5.78. The van der Waals surface area contributed by atoms with Gasteiger partial charge in [0.2, 0.25) is 10.0 Å². The predicted octanol–water partition coefficient (Wildman–Crippen LogP) is 3.12. The summed E-state index contributed by atoms with van der Waals surface area (Å²) in [5.74, 6) is 0.323. The molecule has 1 saturated heterocycles. The Labute approximate surface area is 118 Å². The van der Waals surface area contributed by atoms with Gasteiger partial charge in [0.1, 0.15) is 4.90 Å². The molecule has 1 atom stereocenters. The Bertz CT molecular complexity index is 519. The summed E-state index contributed by atoms with van der Waals surface area (Å²) in [6.07, 6.45) is 2.70. The molecule has 1 unspecified atom stereocenters. The Kier molecular flexibility index (Phi) is 4.54. The summed E-state index contributed by atoms with van der Waals surface area (Å²) in [7, 11) is -3.54. The van der Waals surface area contributed by atoms with Crippen LogP contribution in [0.25, 0.3) is 0 Å². The molecule has 1 aliphatic rings. The van der Waals surface area contributed by atoms with Crippen LogP contribution in [0.1, 0.15) is 19.3 Å². The molecule has 1 aliphatic heterocycles. The van der Waals surface area contributed by atoms with Gasteiger partial charge in [-0.05, 0) is 25.0 Å². The van der Waals surface area contributed by atoms with Crippen LogP contribution in [0.15, 0.2) is 29.2 Å². The van der Waals surface area contributed by atoms with Crippen molar-refractivity contribution in [2.24, 2.45) is 0 Å². The van der Waals surface area contributed by atoms with Crippen LogP contribution in [0.5, 0.6) is 0 Å². The lowest BCUT2D eigenvalue weighted by atomic mass is 10.1. The van der Waals surface area contributed by atoms with Crippen LogP contribution in [0, 0.1) is 0 Å². The van der Waals surface area contributed by atoms with Gasteiger partial charge in [-0.25, -0.2) is 8.42 Å². The minimum Gasteiger partial charge on any atom is -0.207 e. The van der Waals surface area contributed by atoms with Crippen molar-refractivity contribution in [1.82, 2.24) is 4.31 Å². The number of rotatable bonds is 3. The molecular weight excluding hydrogens is 293 g/mol. The number of alkyl halides is 1. The molecule has 100 valence electrons. The zero-order chi connectivity index (χ0) is 13.2. The Morgan fingerprint density at radius 2 is 2.00 bits per heavy atom. The fraction of sp³-hybridized carbons (Fsp3) is 0.500. The highest BCUT2D eigenvalue weighted by Crippen LogP contribution is 2.29. The zero-order valence-electron chi connectivity index (χ0n) is 9.85. The molecule has 6 heteroatoms. The third-order valence-corrected chi connectivity index (χ3v) is 5.98. The van der Waals surface area contributed by atoms with Crippen LogP contribution in [-0.2, 0) is 10.0 Å². The van der Waals surface area contributed by atoms with E-state index >= 15 is 0 Å². The standard InChI is InChI=1S/C12H15Cl2NO2S/c13-9-10-5-3-4-8-15(10)18(16,17)12-7-2-1-6-11(12)14/h1-2,6-7,10H,3-5,8-9H2. The van der Waals surface area contributed by atoms with Crippen LogP contribution in [-0.4, -0.2) is 31.2 Å². The molecule has 0 spiro atoms. The lowest BCUT2D eigenvalue weighted by Gasteiger charge is -2.33. The van der Waals surface area contributed by atoms with Crippen molar-refractivity contribution in [3.05, 3.63) is 29.3 Å². The molecular formula is C12H15Cl2NO2S. The summed E-state index contributed by atoms with van der Waals surface area (Å²) in [6, 6.07) is 6.40. The summed E-state index contributed by atoms with van der Waals surface area (Å²) < 4.78 is 26.6. The Balaban J connectivity index is 2.39. The van der Waals surface area contributed by atoms with Gasteiger partial charge in [-0.3, -0.25) is 0 Å². The monoisotopic (exact) mass is 307 g/mol. The maximum absolute atomic E-state index is 12.6. The van der Waals surface area contributed by atoms with Gasteiger partial charge in [0.15, 0.2) is 0 Å². The van der Waals surface area contributed by atoms with Crippen molar-refractivity contribution in [3.63, 3.8) is 0 Å². The minimum atomic E-state index is -3.54. The number of nitrogens with zero attached hydrogens (tertiary/aromatic N) is 1. The molecule has 2 rings (SSSR count). The van der Waals surface area contributed by atoms with Crippen LogP contribution in [0.3, 0.4) is 0 Å². The van der Waals surface area contributed by atoms with Crippen molar-refractivity contribution >= 4 is 33.2 Å². The fourth-order valence-corrected chi connectivity index (χ4v) is 4.82. The molecule has 0 saturated carbocycles. The Hall–Kier alpha value is -0.290. The highest BCUT2D eigenvalue weighted by atomic mass is 35.5. The van der Waals surface area contributed by atoms with Crippen LogP contribution in [0.4, 0.5) is 0 Å². The average molecular weight is 308 g/mol. The molecule has 1 heterocycles. The maximum Gasteiger partial charge on any atom is 0.244 e. The van der Waals surface area contributed by atoms with Gasteiger partial charge in [0.25, 0.3) is 0 Å². The first-order chi connectivity index (χ1) is 8.57. The van der Waals surface area contributed by atoms with Crippen molar-refractivity contribution in [1.29, 1.82) is 0 Å². The van der Waals surface area contributed by atoms with Gasteiger partial charge in [0.05, 0.1) is 5.02 Å². The summed E-state index contributed by atoms with van der Waals surface area (Å²) in [6.45, 7) is 0.519. The van der Waals surface area contributed by atoms with Crippen LogP contribution < -0.4 is 0 Å². The third kappa shape index (κ3) is 2.67. The molecule has 1 aromatic rings. The first-order valence-electron chi connectivity index (χ1n) is 5.89. The molecule has 0 radical (unpaired) electrons. The number of hydrogen-bond acceptors (Lipinski definition) is 2. The van der Waals surface area contributed by atoms with Gasteiger partial charge in [0, 0.05) is 18.5 Å². The third-order valence-electron chi connectivity index (χ3n) is 3.17. The minimum absolute atomic E-state index is 0.123. The zero-order valence-corrected chi connectivity index (χ0v) is 12.2. The predicted molar refractivity (Wildman–Crippen MR) is 73.7 cm³/mol. The number of halogens is 2. The lowest BCUT2D eigenvalue weighted by molar-refractivity contribution is 0.271. The molecule has 0 amide bonds. The van der Waals surface area contributed by atoms with E-state index in [-0.39, 0.29) is 16.0 Å². The van der Waals surface area contributed by atoms with E-state index in [2.05, 4.69) is 0 Å². The van der Waals surface area contributed by atoms with Crippen molar-refractivity contribution in [2.45, 2.75) is 30.2 Å². The van der Waals surface area contributed by atoms with E-state index in [4.69, 9.17) is 23.2 Å². The summed E-state index contributed by atoms with van der Waals surface area (Å²) in [4.78, 5) is 0.170. The van der Waals surface area contributed by atoms with E-state index in [9.17, 15) is 8.42 Å². The van der Waals surface area contributed by atoms with Gasteiger partial charge < -0.3 is 0 Å². The first-order valence-corrected chi connectivity index (χ1v) is 8.25. The quantitative estimate of drug-likeness (QED) is 0.805. The average Bonchev–Trinajstić information content (AvgIpc) is 2.39. The van der Waals surface area contributed by atoms with E-state index in [1.807, 2.05) is 0 Å². The maximum atomic E-state index is 12.6. The second-order valence-corrected chi connectivity index (χ2v) is 6.92. The highest BCUT2D eigenvalue weighted by Gasteiger charge is 2.33. The molecule has 0 aromatic heterocycles. The molecule has 3 nitrogen and oxygen atoms in total. The van der Waals surface area contributed by atoms with E-state index in [1.54, 1.807) is 18.2 Å². The van der Waals surface area contributed by atoms with E-state index < -0.39 is 10.0 Å². The van der Waals surface area contributed by atoms with Crippen molar-refractivity contribution in [3.8, 4) is 0 Å². The van der Waals surface area contributed by atoms with E-state index in [1.165, 1.54) is 10.4 Å². The molecule has 18 heavy (non-hydrogen) atoms. The summed E-state index contributed by atoms with van der Waals surface area (Å²) in [5.41, 5.74) is 0. The van der Waals surface area contributed by atoms with Crippen molar-refractivity contribution in [2.75, 3.05) is 12.4 Å². The second-order valence-electron chi connectivity index (χ2n) is 4.35. The Morgan fingerprint density at radius 1 is 1.28 bits per heavy atom. The summed E-state index contributed by atoms with van der Waals surface area (Å²) >= 11 is 11.8. The van der Waals surface area contributed by atoms with E-state index in [0.717, 1.165) is 19.3 Å². The number of sulfonamides is 1. The highest BCUT2D eigenvalue weighted by molar-refractivity contribution is 7.89. The van der Waals surface area contributed by atoms with Crippen molar-refractivity contribution < 1.29 is 8.42 Å². The fourth-order valence-electron chi connectivity index (χ4n) is 2.22. The summed E-state index contributed by atoms with van der Waals surface area (Å²) in [5, 5.41) is 0.261. The number of hydrogen-bond donors (Lipinski definition) is 0. The van der Waals surface area contributed by atoms with Crippen LogP contribution in [0.2, 0.25) is 5.02 Å². The molecule has 1 fully saturated rings. The van der Waals surface area contributed by atoms with E-state index in [0.29, 0.717) is 12.4 Å². The first kappa shape index (κ1) is 14.1. The molecule has 0 aliphatic carbocycles. The molecule has 1 aromatic carbocycles. The van der Waals surface area contributed by atoms with Crippen LogP contribution >= 0.6 is 23.2 Å². The molecule has 0 bridgehead atoms. The number of benzene rings is 1. The van der Waals surface area contributed by atoms with Gasteiger partial charge in [-0.2, -0.15) is 4.31 Å². The smallest absolute Gasteiger partial charge is 0.207 e. The topological polar surface area (TPSA) is 37.4 Å². The van der Waals surface area contributed by atoms with Gasteiger partial charge >= 0.3 is 0 Å². The normalized spacial score (nSPS) is 22.0. The number of piperidine rings is 1. The Morgan fingerprint density at radius 3 is 2.67 bits per heavy atom. The lowest BCUT2D eigenvalue weighted by Crippen LogP contribution is -2.44. The van der Waals surface area contributed by atoms with Gasteiger partial charge in [-0.1, -0.05) is 30.2 Å². The molecule has 0 N–H and O–H groups in total. The largest absolute Gasteiger partial charge is 0.244 e.